The van der Waals surface area contributed by atoms with Crippen LogP contribution in [0, 0.1) is 10.7 Å². The average Bonchev–Trinajstić information content (AvgIpc) is 2.95. The minimum Gasteiger partial charge on any atom is -0.340 e. The number of nitrogens with zero attached hydrogens (tertiary/aromatic N) is 3. The van der Waals surface area contributed by atoms with Gasteiger partial charge in [-0.1, -0.05) is 0 Å². The van der Waals surface area contributed by atoms with Gasteiger partial charge < -0.3 is 5.32 Å². The van der Waals surface area contributed by atoms with Crippen LogP contribution in [-0.4, -0.2) is 9.97 Å². The Morgan fingerprint density at radius 2 is 1.96 bits per heavy atom. The van der Waals surface area contributed by atoms with Gasteiger partial charge in [0.25, 0.3) is 0 Å². The van der Waals surface area contributed by atoms with Crippen LogP contribution in [0.1, 0.15) is 23.3 Å². The fourth-order valence-corrected chi connectivity index (χ4v) is 4.88. The molecule has 24 heavy (non-hydrogen) atoms. The predicted molar refractivity (Wildman–Crippen MR) is 100 cm³/mol. The summed E-state index contributed by atoms with van der Waals surface area (Å²) in [6.45, 7) is 0. The maximum Gasteiger partial charge on any atom is 0.225 e. The van der Waals surface area contributed by atoms with E-state index in [1.807, 2.05) is 24.3 Å². The molecule has 0 fully saturated rings. The molecule has 0 saturated carbocycles. The van der Waals surface area contributed by atoms with Crippen molar-refractivity contribution < 1.29 is 0 Å². The third-order valence-corrected chi connectivity index (χ3v) is 6.02. The second-order valence-corrected chi connectivity index (χ2v) is 7.85. The first kappa shape index (κ1) is 15.7. The lowest BCUT2D eigenvalue weighted by atomic mass is 9.97. The molecule has 4 nitrogen and oxygen atoms in total. The highest BCUT2D eigenvalue weighted by Crippen LogP contribution is 2.39. The summed E-state index contributed by atoms with van der Waals surface area (Å²) in [4.78, 5) is 12.1. The minimum absolute atomic E-state index is 0.264. The Hall–Kier alpha value is -1.81. The molecule has 0 radical (unpaired) electrons. The largest absolute Gasteiger partial charge is 0.340 e. The van der Waals surface area contributed by atoms with Crippen LogP contribution in [0.2, 0.25) is 5.28 Å². The van der Waals surface area contributed by atoms with Gasteiger partial charge in [0.15, 0.2) is 0 Å². The average molecular weight is 373 g/mol. The maximum absolute atomic E-state index is 8.73. The number of aromatic nitrogens is 2. The van der Waals surface area contributed by atoms with Crippen LogP contribution in [0.4, 0.5) is 11.5 Å². The van der Waals surface area contributed by atoms with Crippen LogP contribution < -0.4 is 5.32 Å². The topological polar surface area (TPSA) is 61.6 Å². The van der Waals surface area contributed by atoms with E-state index >= 15 is 0 Å². The summed E-state index contributed by atoms with van der Waals surface area (Å²) in [6, 6.07) is 7.72. The first-order valence-electron chi connectivity index (χ1n) is 7.65. The number of nitriles is 1. The molecule has 7 heteroatoms. The van der Waals surface area contributed by atoms with Gasteiger partial charge in [-0.15, -0.1) is 11.3 Å². The molecule has 0 saturated heterocycles. The molecule has 1 N–H and O–H groups in total. The molecular weight excluding hydrogens is 360 g/mol. The van der Waals surface area contributed by atoms with Gasteiger partial charge in [0.05, 0.1) is 5.39 Å². The number of thioether (sulfide) groups is 1. The Morgan fingerprint density at radius 1 is 1.17 bits per heavy atom. The third kappa shape index (κ3) is 2.95. The van der Waals surface area contributed by atoms with Crippen LogP contribution in [0.15, 0.2) is 29.2 Å². The van der Waals surface area contributed by atoms with Crippen molar-refractivity contribution >= 4 is 56.4 Å². The molecule has 1 aromatic carbocycles. The number of rotatable bonds is 3. The minimum atomic E-state index is 0.264. The van der Waals surface area contributed by atoms with Crippen molar-refractivity contribution in [3.05, 3.63) is 40.0 Å². The van der Waals surface area contributed by atoms with E-state index in [0.29, 0.717) is 0 Å². The van der Waals surface area contributed by atoms with Crippen molar-refractivity contribution in [2.75, 3.05) is 5.32 Å². The number of thiophene rings is 1. The summed E-state index contributed by atoms with van der Waals surface area (Å²) in [5, 5.41) is 15.5. The Kier molecular flexibility index (Phi) is 4.31. The summed E-state index contributed by atoms with van der Waals surface area (Å²) in [7, 11) is 0. The quantitative estimate of drug-likeness (QED) is 0.371. The van der Waals surface area contributed by atoms with E-state index in [2.05, 4.69) is 20.7 Å². The van der Waals surface area contributed by atoms with Crippen molar-refractivity contribution in [1.82, 2.24) is 9.97 Å². The standard InChI is InChI=1S/C17H13ClN4S2/c18-17-21-15(20-10-5-7-11(8-6-10)23-9-19)14-12-3-1-2-4-13(12)24-16(14)22-17/h5-8H,1-4H2,(H,20,21,22). The zero-order chi connectivity index (χ0) is 16.5. The monoisotopic (exact) mass is 372 g/mol. The van der Waals surface area contributed by atoms with E-state index in [1.165, 1.54) is 23.3 Å². The molecular formula is C17H13ClN4S2. The first-order chi connectivity index (χ1) is 11.7. The smallest absolute Gasteiger partial charge is 0.225 e. The third-order valence-electron chi connectivity index (χ3n) is 4.07. The molecule has 2 heterocycles. The number of nitrogens with one attached hydrogen (secondary N) is 1. The highest BCUT2D eigenvalue weighted by Gasteiger charge is 2.21. The van der Waals surface area contributed by atoms with Gasteiger partial charge in [0.2, 0.25) is 5.28 Å². The normalized spacial score (nSPS) is 13.5. The summed E-state index contributed by atoms with van der Waals surface area (Å²) < 4.78 is 0. The Balaban J connectivity index is 1.75. The SMILES string of the molecule is N#CSc1ccc(Nc2nc(Cl)nc3sc4c(c23)CCCC4)cc1. The molecule has 1 aliphatic carbocycles. The van der Waals surface area contributed by atoms with Gasteiger partial charge in [0.1, 0.15) is 16.0 Å². The highest BCUT2D eigenvalue weighted by atomic mass is 35.5. The summed E-state index contributed by atoms with van der Waals surface area (Å²) in [5.41, 5.74) is 2.29. The molecule has 4 rings (SSSR count). The van der Waals surface area contributed by atoms with E-state index in [1.54, 1.807) is 11.3 Å². The number of benzene rings is 1. The highest BCUT2D eigenvalue weighted by molar-refractivity contribution is 8.03. The van der Waals surface area contributed by atoms with Gasteiger partial charge in [-0.05, 0) is 78.9 Å². The molecule has 0 aliphatic heterocycles. The van der Waals surface area contributed by atoms with Gasteiger partial charge in [-0.25, -0.2) is 4.98 Å². The van der Waals surface area contributed by atoms with Crippen LogP contribution in [0.25, 0.3) is 10.2 Å². The fourth-order valence-electron chi connectivity index (χ4n) is 3.02. The Labute approximate surface area is 152 Å². The van der Waals surface area contributed by atoms with Crippen molar-refractivity contribution in [2.45, 2.75) is 30.6 Å². The molecule has 2 aromatic heterocycles. The molecule has 0 bridgehead atoms. The number of thiocyanates is 1. The van der Waals surface area contributed by atoms with Crippen molar-refractivity contribution in [2.24, 2.45) is 0 Å². The van der Waals surface area contributed by atoms with Crippen LogP contribution in [0.5, 0.6) is 0 Å². The fraction of sp³-hybridized carbons (Fsp3) is 0.235. The van der Waals surface area contributed by atoms with Crippen molar-refractivity contribution in [1.29, 1.82) is 5.26 Å². The van der Waals surface area contributed by atoms with Crippen molar-refractivity contribution in [3.8, 4) is 5.40 Å². The Morgan fingerprint density at radius 3 is 2.75 bits per heavy atom. The summed E-state index contributed by atoms with van der Waals surface area (Å²) in [5.74, 6) is 0.769. The van der Waals surface area contributed by atoms with E-state index in [-0.39, 0.29) is 5.28 Å². The van der Waals surface area contributed by atoms with E-state index in [9.17, 15) is 0 Å². The van der Waals surface area contributed by atoms with Crippen LogP contribution in [-0.2, 0) is 12.8 Å². The van der Waals surface area contributed by atoms with E-state index in [4.69, 9.17) is 16.9 Å². The second kappa shape index (κ2) is 6.60. The molecule has 0 atom stereocenters. The van der Waals surface area contributed by atoms with Crippen molar-refractivity contribution in [3.63, 3.8) is 0 Å². The zero-order valence-corrected chi connectivity index (χ0v) is 15.1. The zero-order valence-electron chi connectivity index (χ0n) is 12.7. The molecule has 1 aliphatic rings. The number of aryl methyl sites for hydroxylation is 2. The lowest BCUT2D eigenvalue weighted by molar-refractivity contribution is 0.700. The molecule has 120 valence electrons. The maximum atomic E-state index is 8.73. The van der Waals surface area contributed by atoms with Gasteiger partial charge in [0, 0.05) is 15.5 Å². The lowest BCUT2D eigenvalue weighted by Gasteiger charge is -2.13. The van der Waals surface area contributed by atoms with E-state index in [0.717, 1.165) is 51.2 Å². The molecule has 0 unspecified atom stereocenters. The van der Waals surface area contributed by atoms with Crippen LogP contribution in [0.3, 0.4) is 0 Å². The molecule has 3 aromatic rings. The van der Waals surface area contributed by atoms with Crippen LogP contribution >= 0.6 is 34.7 Å². The number of halogens is 1. The number of fused-ring (bicyclic) bond motifs is 3. The Bertz CT molecular complexity index is 944. The summed E-state index contributed by atoms with van der Waals surface area (Å²) >= 11 is 9.01. The number of hydrogen-bond acceptors (Lipinski definition) is 6. The van der Waals surface area contributed by atoms with Gasteiger partial charge >= 0.3 is 0 Å². The first-order valence-corrected chi connectivity index (χ1v) is 9.66. The predicted octanol–water partition coefficient (Wildman–Crippen LogP) is 5.54. The van der Waals surface area contributed by atoms with Gasteiger partial charge in [-0.2, -0.15) is 10.2 Å². The second-order valence-electron chi connectivity index (χ2n) is 5.58. The molecule has 0 amide bonds. The van der Waals surface area contributed by atoms with E-state index < -0.39 is 0 Å². The lowest BCUT2D eigenvalue weighted by Crippen LogP contribution is -2.01. The number of hydrogen-bond donors (Lipinski definition) is 1. The summed E-state index contributed by atoms with van der Waals surface area (Å²) in [6.07, 6.45) is 4.64. The molecule has 0 spiro atoms. The van der Waals surface area contributed by atoms with Gasteiger partial charge in [-0.3, -0.25) is 0 Å². The number of anilines is 2.